The van der Waals surface area contributed by atoms with E-state index in [9.17, 15) is 13.2 Å². The van der Waals surface area contributed by atoms with Crippen molar-refractivity contribution in [1.82, 2.24) is 4.72 Å². The van der Waals surface area contributed by atoms with E-state index in [0.29, 0.717) is 30.2 Å². The lowest BCUT2D eigenvalue weighted by molar-refractivity contribution is -0.122. The molecule has 1 aliphatic rings. The molecule has 33 heavy (non-hydrogen) atoms. The van der Waals surface area contributed by atoms with Crippen molar-refractivity contribution in [3.05, 3.63) is 78.9 Å². The van der Waals surface area contributed by atoms with Gasteiger partial charge in [-0.15, -0.1) is 0 Å². The number of benzene rings is 3. The molecule has 0 spiro atoms. The van der Waals surface area contributed by atoms with Gasteiger partial charge in [0.2, 0.25) is 0 Å². The predicted octanol–water partition coefficient (Wildman–Crippen LogP) is 4.23. The molecule has 7 nitrogen and oxygen atoms in total. The Morgan fingerprint density at radius 3 is 2.39 bits per heavy atom. The zero-order valence-electron chi connectivity index (χ0n) is 18.2. The molecule has 0 radical (unpaired) electrons. The van der Waals surface area contributed by atoms with Gasteiger partial charge in [-0.1, -0.05) is 48.5 Å². The maximum atomic E-state index is 12.6. The van der Waals surface area contributed by atoms with Crippen molar-refractivity contribution >= 4 is 27.5 Å². The Labute approximate surface area is 193 Å². The van der Waals surface area contributed by atoms with Crippen molar-refractivity contribution in [3.8, 4) is 16.9 Å². The van der Waals surface area contributed by atoms with E-state index in [-0.39, 0.29) is 10.8 Å². The van der Waals surface area contributed by atoms with Gasteiger partial charge in [0.05, 0.1) is 4.90 Å². The summed E-state index contributed by atoms with van der Waals surface area (Å²) in [6, 6.07) is 23.6. The highest BCUT2D eigenvalue weighted by Crippen LogP contribution is 2.23. The van der Waals surface area contributed by atoms with Crippen molar-refractivity contribution in [2.45, 2.75) is 30.8 Å². The number of hydrogen-bond donors (Lipinski definition) is 2. The molecule has 0 saturated heterocycles. The van der Waals surface area contributed by atoms with Gasteiger partial charge in [-0.2, -0.15) is 0 Å². The second-order valence-electron chi connectivity index (χ2n) is 7.71. The second kappa shape index (κ2) is 9.87. The first-order chi connectivity index (χ1) is 15.9. The average Bonchev–Trinajstić information content (AvgIpc) is 3.32. The van der Waals surface area contributed by atoms with Crippen molar-refractivity contribution in [3.63, 3.8) is 0 Å². The SMILES string of the molecule is CC(Oc1ccc(-c2ccccc2)cc1)C(=O)Nc1cccc(S(=O)(=O)NC2=NCCC2)c1. The van der Waals surface area contributed by atoms with Crippen LogP contribution >= 0.6 is 0 Å². The molecule has 0 saturated carbocycles. The molecule has 4 rings (SSSR count). The van der Waals surface area contributed by atoms with Crippen molar-refractivity contribution in [1.29, 1.82) is 0 Å². The molecule has 1 atom stereocenters. The zero-order chi connectivity index (χ0) is 23.3. The van der Waals surface area contributed by atoms with E-state index in [0.717, 1.165) is 17.5 Å². The van der Waals surface area contributed by atoms with Crippen LogP contribution in [0.1, 0.15) is 19.8 Å². The summed E-state index contributed by atoms with van der Waals surface area (Å²) >= 11 is 0. The Hall–Kier alpha value is -3.65. The van der Waals surface area contributed by atoms with Crippen molar-refractivity contribution in [2.75, 3.05) is 11.9 Å². The van der Waals surface area contributed by atoms with Gasteiger partial charge in [-0.25, -0.2) is 8.42 Å². The summed E-state index contributed by atoms with van der Waals surface area (Å²) in [5.41, 5.74) is 2.51. The molecule has 0 bridgehead atoms. The number of carbonyl (C=O) groups excluding carboxylic acids is 1. The Morgan fingerprint density at radius 1 is 0.970 bits per heavy atom. The van der Waals surface area contributed by atoms with Crippen LogP contribution in [0.5, 0.6) is 5.75 Å². The summed E-state index contributed by atoms with van der Waals surface area (Å²) in [6.07, 6.45) is 0.663. The Kier molecular flexibility index (Phi) is 6.74. The van der Waals surface area contributed by atoms with Gasteiger partial charge < -0.3 is 10.1 Å². The fraction of sp³-hybridized carbons (Fsp3) is 0.200. The Bertz CT molecular complexity index is 1260. The number of aliphatic imine (C=N–C) groups is 1. The summed E-state index contributed by atoms with van der Waals surface area (Å²) in [5, 5.41) is 2.72. The first-order valence-electron chi connectivity index (χ1n) is 10.7. The number of hydrogen-bond acceptors (Lipinski definition) is 5. The minimum Gasteiger partial charge on any atom is -0.481 e. The van der Waals surface area contributed by atoms with Gasteiger partial charge in [-0.05, 0) is 54.8 Å². The number of amides is 1. The van der Waals surface area contributed by atoms with E-state index < -0.39 is 16.1 Å². The Balaban J connectivity index is 1.38. The summed E-state index contributed by atoms with van der Waals surface area (Å²) in [6.45, 7) is 2.27. The molecule has 1 aliphatic heterocycles. The second-order valence-corrected chi connectivity index (χ2v) is 9.39. The Morgan fingerprint density at radius 2 is 1.70 bits per heavy atom. The smallest absolute Gasteiger partial charge is 0.265 e. The molecule has 0 aromatic heterocycles. The van der Waals surface area contributed by atoms with Crippen LogP contribution in [-0.2, 0) is 14.8 Å². The first-order valence-corrected chi connectivity index (χ1v) is 12.2. The van der Waals surface area contributed by atoms with Crippen molar-refractivity contribution < 1.29 is 17.9 Å². The van der Waals surface area contributed by atoms with Crippen LogP contribution < -0.4 is 14.8 Å². The molecule has 3 aromatic carbocycles. The van der Waals surface area contributed by atoms with E-state index in [1.165, 1.54) is 12.1 Å². The molecule has 2 N–H and O–H groups in total. The van der Waals surface area contributed by atoms with Crippen LogP contribution in [0.4, 0.5) is 5.69 Å². The number of carbonyl (C=O) groups is 1. The molecular weight excluding hydrogens is 438 g/mol. The monoisotopic (exact) mass is 463 g/mol. The van der Waals surface area contributed by atoms with E-state index in [2.05, 4.69) is 15.0 Å². The fourth-order valence-electron chi connectivity index (χ4n) is 3.44. The summed E-state index contributed by atoms with van der Waals surface area (Å²) in [4.78, 5) is 16.8. The molecule has 0 aliphatic carbocycles. The third-order valence-electron chi connectivity index (χ3n) is 5.18. The van der Waals surface area contributed by atoms with Crippen LogP contribution in [-0.4, -0.2) is 32.8 Å². The molecule has 8 heteroatoms. The van der Waals surface area contributed by atoms with Crippen LogP contribution in [0.2, 0.25) is 0 Å². The highest BCUT2D eigenvalue weighted by atomic mass is 32.2. The van der Waals surface area contributed by atoms with E-state index in [4.69, 9.17) is 4.74 Å². The summed E-state index contributed by atoms with van der Waals surface area (Å²) in [7, 11) is -3.76. The van der Waals surface area contributed by atoms with Gasteiger partial charge in [0, 0.05) is 18.7 Å². The maximum Gasteiger partial charge on any atom is 0.265 e. The third-order valence-corrected chi connectivity index (χ3v) is 6.56. The minimum absolute atomic E-state index is 0.0555. The molecule has 0 fully saturated rings. The lowest BCUT2D eigenvalue weighted by Gasteiger charge is -2.16. The van der Waals surface area contributed by atoms with Crippen LogP contribution in [0.3, 0.4) is 0 Å². The predicted molar refractivity (Wildman–Crippen MR) is 129 cm³/mol. The number of anilines is 1. The number of nitrogens with zero attached hydrogens (tertiary/aromatic N) is 1. The van der Waals surface area contributed by atoms with Gasteiger partial charge in [0.15, 0.2) is 6.10 Å². The lowest BCUT2D eigenvalue weighted by atomic mass is 10.1. The minimum atomic E-state index is -3.76. The summed E-state index contributed by atoms with van der Waals surface area (Å²) in [5.74, 6) is 0.643. The van der Waals surface area contributed by atoms with Crippen molar-refractivity contribution in [2.24, 2.45) is 4.99 Å². The normalized spacial score (nSPS) is 14.3. The van der Waals surface area contributed by atoms with Gasteiger partial charge >= 0.3 is 0 Å². The molecule has 170 valence electrons. The number of sulfonamides is 1. The van der Waals surface area contributed by atoms with E-state index in [1.54, 1.807) is 19.1 Å². The first kappa shape index (κ1) is 22.5. The van der Waals surface area contributed by atoms with Crippen LogP contribution in [0.25, 0.3) is 11.1 Å². The van der Waals surface area contributed by atoms with Gasteiger partial charge in [-0.3, -0.25) is 14.5 Å². The van der Waals surface area contributed by atoms with Crippen LogP contribution in [0.15, 0.2) is 88.8 Å². The zero-order valence-corrected chi connectivity index (χ0v) is 19.0. The number of amidine groups is 1. The average molecular weight is 464 g/mol. The lowest BCUT2D eigenvalue weighted by Crippen LogP contribution is -2.31. The van der Waals surface area contributed by atoms with Gasteiger partial charge in [0.25, 0.3) is 15.9 Å². The third kappa shape index (κ3) is 5.78. The fourth-order valence-corrected chi connectivity index (χ4v) is 4.57. The van der Waals surface area contributed by atoms with Gasteiger partial charge in [0.1, 0.15) is 11.6 Å². The summed E-state index contributed by atoms with van der Waals surface area (Å²) < 4.78 is 33.5. The highest BCUT2D eigenvalue weighted by molar-refractivity contribution is 7.90. The standard InChI is InChI=1S/C25H25N3O4S/c1-18(32-22-14-12-20(13-15-22)19-7-3-2-4-8-19)25(29)27-21-9-5-10-23(17-21)33(30,31)28-24-11-6-16-26-24/h2-5,7-10,12-15,17-18H,6,11,16H2,1H3,(H,26,28)(H,27,29). The van der Waals surface area contributed by atoms with E-state index >= 15 is 0 Å². The number of ether oxygens (including phenoxy) is 1. The number of nitrogens with one attached hydrogen (secondary N) is 2. The maximum absolute atomic E-state index is 12.6. The number of rotatable bonds is 7. The molecule has 1 amide bonds. The molecular formula is C25H25N3O4S. The topological polar surface area (TPSA) is 96.9 Å². The molecule has 1 unspecified atom stereocenters. The van der Waals surface area contributed by atoms with E-state index in [1.807, 2.05) is 54.6 Å². The molecule has 3 aromatic rings. The largest absolute Gasteiger partial charge is 0.481 e. The highest BCUT2D eigenvalue weighted by Gasteiger charge is 2.20. The molecule has 1 heterocycles. The quantitative estimate of drug-likeness (QED) is 0.548. The van der Waals surface area contributed by atoms with Crippen LogP contribution in [0, 0.1) is 0 Å².